The van der Waals surface area contributed by atoms with Crippen molar-refractivity contribution in [3.8, 4) is 22.9 Å². The molecular formula is C20H8Br2N2O5. The smallest absolute Gasteiger partial charge is 0.349 e. The summed E-state index contributed by atoms with van der Waals surface area (Å²) < 4.78 is 17.9. The lowest BCUT2D eigenvalue weighted by atomic mass is 10.2. The molecule has 0 saturated carbocycles. The van der Waals surface area contributed by atoms with Gasteiger partial charge in [0.05, 0.1) is 0 Å². The van der Waals surface area contributed by atoms with Crippen LogP contribution < -0.4 is 11.3 Å². The van der Waals surface area contributed by atoms with Gasteiger partial charge >= 0.3 is 11.3 Å². The first-order chi connectivity index (χ1) is 14.0. The number of rotatable bonds is 2. The maximum atomic E-state index is 12.4. The van der Waals surface area contributed by atoms with Crippen LogP contribution in [-0.4, -0.2) is 10.2 Å². The molecule has 0 fully saturated rings. The van der Waals surface area contributed by atoms with E-state index >= 15 is 0 Å². The quantitative estimate of drug-likeness (QED) is 0.300. The molecule has 3 aromatic heterocycles. The van der Waals surface area contributed by atoms with Crippen molar-refractivity contribution >= 4 is 53.8 Å². The van der Waals surface area contributed by atoms with Crippen molar-refractivity contribution < 1.29 is 13.3 Å². The summed E-state index contributed by atoms with van der Waals surface area (Å²) in [6.45, 7) is 0. The van der Waals surface area contributed by atoms with Crippen LogP contribution in [-0.2, 0) is 0 Å². The third-order valence-corrected chi connectivity index (χ3v) is 5.26. The zero-order chi connectivity index (χ0) is 20.1. The van der Waals surface area contributed by atoms with E-state index in [1.165, 1.54) is 0 Å². The number of fused-ring (bicyclic) bond motifs is 2. The van der Waals surface area contributed by atoms with Crippen molar-refractivity contribution in [3.05, 3.63) is 78.3 Å². The Morgan fingerprint density at radius 3 is 1.52 bits per heavy atom. The average Bonchev–Trinajstić information content (AvgIpc) is 3.17. The van der Waals surface area contributed by atoms with E-state index in [1.807, 2.05) is 0 Å². The molecule has 0 aliphatic carbocycles. The summed E-state index contributed by atoms with van der Waals surface area (Å²) in [5.74, 6) is -0.103. The van der Waals surface area contributed by atoms with E-state index < -0.39 is 11.3 Å². The third kappa shape index (κ3) is 3.22. The Bertz CT molecular complexity index is 1420. The first kappa shape index (κ1) is 18.0. The predicted octanol–water partition coefficient (Wildman–Crippen LogP) is 5.14. The van der Waals surface area contributed by atoms with Gasteiger partial charge < -0.3 is 13.3 Å². The number of halogens is 2. The molecule has 142 valence electrons. The summed E-state index contributed by atoms with van der Waals surface area (Å²) in [5, 5.41) is 9.19. The van der Waals surface area contributed by atoms with Gasteiger partial charge in [0.2, 0.25) is 0 Å². The van der Waals surface area contributed by atoms with Crippen LogP contribution in [0.25, 0.3) is 44.8 Å². The second kappa shape index (κ2) is 6.78. The number of hydrogen-bond donors (Lipinski definition) is 0. The lowest BCUT2D eigenvalue weighted by molar-refractivity contribution is 0.538. The largest absolute Gasteiger partial charge is 0.422 e. The minimum Gasteiger partial charge on any atom is -0.422 e. The first-order valence-corrected chi connectivity index (χ1v) is 9.87. The Hall–Kier alpha value is -3.04. The molecule has 0 saturated heterocycles. The number of aromatic nitrogens is 2. The molecule has 0 aliphatic rings. The first-order valence-electron chi connectivity index (χ1n) is 8.29. The Kier molecular flexibility index (Phi) is 4.21. The van der Waals surface area contributed by atoms with Crippen LogP contribution in [0.2, 0.25) is 0 Å². The Labute approximate surface area is 178 Å². The molecule has 5 aromatic rings. The molecule has 9 heteroatoms. The van der Waals surface area contributed by atoms with Gasteiger partial charge in [0.15, 0.2) is 0 Å². The van der Waals surface area contributed by atoms with E-state index in [0.717, 1.165) is 8.95 Å². The molecule has 0 radical (unpaired) electrons. The van der Waals surface area contributed by atoms with Crippen molar-refractivity contribution in [3.63, 3.8) is 0 Å². The number of hydrogen-bond acceptors (Lipinski definition) is 7. The molecule has 5 rings (SSSR count). The van der Waals surface area contributed by atoms with Crippen molar-refractivity contribution in [2.45, 2.75) is 0 Å². The highest BCUT2D eigenvalue weighted by Crippen LogP contribution is 2.27. The molecular weight excluding hydrogens is 508 g/mol. The van der Waals surface area contributed by atoms with E-state index in [-0.39, 0.29) is 22.9 Å². The molecule has 2 aromatic carbocycles. The summed E-state index contributed by atoms with van der Waals surface area (Å²) in [6, 6.07) is 13.7. The molecule has 0 N–H and O–H groups in total. The summed E-state index contributed by atoms with van der Waals surface area (Å²) in [4.78, 5) is 24.7. The van der Waals surface area contributed by atoms with Crippen molar-refractivity contribution in [2.24, 2.45) is 0 Å². The minimum absolute atomic E-state index is 0.0515. The summed E-state index contributed by atoms with van der Waals surface area (Å²) >= 11 is 6.76. The minimum atomic E-state index is -0.621. The second-order valence-corrected chi connectivity index (χ2v) is 8.00. The highest BCUT2D eigenvalue weighted by Gasteiger charge is 2.19. The highest BCUT2D eigenvalue weighted by molar-refractivity contribution is 9.10. The lowest BCUT2D eigenvalue weighted by Crippen LogP contribution is -2.03. The fourth-order valence-corrected chi connectivity index (χ4v) is 3.69. The zero-order valence-corrected chi connectivity index (χ0v) is 17.5. The fraction of sp³-hybridized carbons (Fsp3) is 0. The lowest BCUT2D eigenvalue weighted by Gasteiger charge is -2.00. The van der Waals surface area contributed by atoms with Gasteiger partial charge in [-0.1, -0.05) is 31.9 Å². The Morgan fingerprint density at radius 2 is 1.07 bits per heavy atom. The van der Waals surface area contributed by atoms with E-state index in [0.29, 0.717) is 21.9 Å². The van der Waals surface area contributed by atoms with E-state index in [1.54, 1.807) is 48.5 Å². The summed E-state index contributed by atoms with van der Waals surface area (Å²) in [6.07, 6.45) is 0. The van der Waals surface area contributed by atoms with Crippen molar-refractivity contribution in [1.29, 1.82) is 0 Å². The molecule has 3 heterocycles. The van der Waals surface area contributed by atoms with E-state index in [9.17, 15) is 9.59 Å². The van der Waals surface area contributed by atoms with Gasteiger partial charge in [-0.25, -0.2) is 9.59 Å². The topological polar surface area (TPSA) is 99.3 Å². The van der Waals surface area contributed by atoms with Gasteiger partial charge in [0.25, 0.3) is 11.8 Å². The van der Waals surface area contributed by atoms with Crippen LogP contribution in [0.15, 0.2) is 80.3 Å². The average molecular weight is 516 g/mol. The Morgan fingerprint density at radius 1 is 0.621 bits per heavy atom. The second-order valence-electron chi connectivity index (χ2n) is 6.17. The van der Waals surface area contributed by atoms with Crippen LogP contribution in [0.1, 0.15) is 0 Å². The zero-order valence-electron chi connectivity index (χ0n) is 14.3. The maximum absolute atomic E-state index is 12.4. The fourth-order valence-electron chi connectivity index (χ4n) is 2.93. The monoisotopic (exact) mass is 514 g/mol. The van der Waals surface area contributed by atoms with Crippen LogP contribution >= 0.6 is 31.9 Å². The molecule has 29 heavy (non-hydrogen) atoms. The van der Waals surface area contributed by atoms with Gasteiger partial charge in [-0.05, 0) is 48.5 Å². The molecule has 0 aliphatic heterocycles. The number of nitrogens with zero attached hydrogens (tertiary/aromatic N) is 2. The van der Waals surface area contributed by atoms with Crippen molar-refractivity contribution in [1.82, 2.24) is 10.2 Å². The number of benzene rings is 2. The van der Waals surface area contributed by atoms with Crippen LogP contribution in [0.5, 0.6) is 0 Å². The maximum Gasteiger partial charge on any atom is 0.349 e. The molecule has 0 bridgehead atoms. The van der Waals surface area contributed by atoms with Gasteiger partial charge in [-0.15, -0.1) is 10.2 Å². The molecule has 0 spiro atoms. The third-order valence-electron chi connectivity index (χ3n) is 4.27. The van der Waals surface area contributed by atoms with Gasteiger partial charge in [-0.2, -0.15) is 0 Å². The van der Waals surface area contributed by atoms with Crippen LogP contribution in [0.4, 0.5) is 0 Å². The normalized spacial score (nSPS) is 11.4. The van der Waals surface area contributed by atoms with Gasteiger partial charge in [-0.3, -0.25) is 0 Å². The molecule has 0 atom stereocenters. The Balaban J connectivity index is 1.65. The molecule has 7 nitrogen and oxygen atoms in total. The van der Waals surface area contributed by atoms with E-state index in [2.05, 4.69) is 42.1 Å². The summed E-state index contributed by atoms with van der Waals surface area (Å²) in [5.41, 5.74) is -0.177. The predicted molar refractivity (Wildman–Crippen MR) is 113 cm³/mol. The SMILES string of the molecule is O=c1oc2ccc(Br)cc2cc1-c1nnc(-c2cc3cc(Br)ccc3oc2=O)o1. The van der Waals surface area contributed by atoms with Gasteiger partial charge in [0.1, 0.15) is 22.3 Å². The van der Waals surface area contributed by atoms with Gasteiger partial charge in [0, 0.05) is 19.7 Å². The standard InChI is InChI=1S/C20H8Br2N2O5/c21-11-1-3-15-9(5-11)7-13(19(25)27-15)17-23-24-18(29-17)14-8-10-6-12(22)2-4-16(10)28-20(14)26/h1-8H. The van der Waals surface area contributed by atoms with Crippen LogP contribution in [0.3, 0.4) is 0 Å². The highest BCUT2D eigenvalue weighted by atomic mass is 79.9. The summed E-state index contributed by atoms with van der Waals surface area (Å²) in [7, 11) is 0. The molecule has 0 amide bonds. The van der Waals surface area contributed by atoms with E-state index in [4.69, 9.17) is 13.3 Å². The van der Waals surface area contributed by atoms with Crippen LogP contribution in [0, 0.1) is 0 Å². The molecule has 0 unspecified atom stereocenters. The van der Waals surface area contributed by atoms with Crippen molar-refractivity contribution in [2.75, 3.05) is 0 Å².